The first kappa shape index (κ1) is 22.8. The fraction of sp³-hybridized carbons (Fsp3) is 0.304. The number of aromatic hydroxyl groups is 2. The molecule has 1 amide bonds. The normalized spacial score (nSPS) is 13.5. The number of unbranched alkanes of at least 4 members (excludes halogenated alkanes) is 2. The van der Waals surface area contributed by atoms with E-state index in [0.717, 1.165) is 5.56 Å². The van der Waals surface area contributed by atoms with Gasteiger partial charge in [0.15, 0.2) is 11.6 Å². The number of hydrogen-bond acceptors (Lipinski definition) is 7. The Bertz CT molecular complexity index is 1000. The van der Waals surface area contributed by atoms with Crippen LogP contribution in [0, 0.1) is 5.92 Å². The molecule has 3 N–H and O–H groups in total. The van der Waals surface area contributed by atoms with Crippen LogP contribution in [0.25, 0.3) is 0 Å². The quantitative estimate of drug-likeness (QED) is 0.378. The Balaban J connectivity index is 1.32. The summed E-state index contributed by atoms with van der Waals surface area (Å²) in [6.45, 7) is 0.436. The Morgan fingerprint density at radius 3 is 2.16 bits per heavy atom. The van der Waals surface area contributed by atoms with Gasteiger partial charge in [0.05, 0.1) is 5.92 Å². The molecule has 0 bridgehead atoms. The van der Waals surface area contributed by atoms with Gasteiger partial charge in [0, 0.05) is 30.7 Å². The molecule has 9 heteroatoms. The van der Waals surface area contributed by atoms with Crippen LogP contribution in [0.1, 0.15) is 41.6 Å². The number of nitrogens with one attached hydrogen (secondary N) is 1. The van der Waals surface area contributed by atoms with Crippen molar-refractivity contribution in [3.8, 4) is 11.8 Å². The highest BCUT2D eigenvalue weighted by molar-refractivity contribution is 6.18. The van der Waals surface area contributed by atoms with Crippen molar-refractivity contribution in [2.24, 2.45) is 5.92 Å². The SMILES string of the molecule is O=C(CCCCCNC(=O)c1ccc(CC2C(=O)C=CC2=O)cc1)On1c(O)ccc1O. The molecule has 1 aromatic heterocycles. The van der Waals surface area contributed by atoms with Crippen LogP contribution in [-0.2, 0) is 20.8 Å². The molecule has 0 atom stereocenters. The maximum Gasteiger partial charge on any atom is 0.333 e. The van der Waals surface area contributed by atoms with E-state index in [-0.39, 0.29) is 35.7 Å². The Morgan fingerprint density at radius 1 is 0.906 bits per heavy atom. The number of aromatic nitrogens is 1. The number of benzene rings is 1. The largest absolute Gasteiger partial charge is 0.492 e. The van der Waals surface area contributed by atoms with E-state index in [9.17, 15) is 29.4 Å². The molecule has 0 aliphatic heterocycles. The van der Waals surface area contributed by atoms with E-state index in [1.807, 2.05) is 0 Å². The summed E-state index contributed by atoms with van der Waals surface area (Å²) in [7, 11) is 0. The van der Waals surface area contributed by atoms with Gasteiger partial charge in [-0.2, -0.15) is 0 Å². The van der Waals surface area contributed by atoms with E-state index in [2.05, 4.69) is 5.32 Å². The van der Waals surface area contributed by atoms with Gasteiger partial charge < -0.3 is 20.4 Å². The van der Waals surface area contributed by atoms with Gasteiger partial charge >= 0.3 is 5.97 Å². The average molecular weight is 440 g/mol. The molecule has 2 aromatic rings. The lowest BCUT2D eigenvalue weighted by molar-refractivity contribution is -0.145. The number of rotatable bonds is 10. The van der Waals surface area contributed by atoms with Crippen molar-refractivity contribution in [1.29, 1.82) is 0 Å². The van der Waals surface area contributed by atoms with Gasteiger partial charge in [0.25, 0.3) is 5.91 Å². The van der Waals surface area contributed by atoms with Gasteiger partial charge in [-0.05, 0) is 49.1 Å². The molecule has 0 saturated heterocycles. The lowest BCUT2D eigenvalue weighted by Crippen LogP contribution is -2.24. The minimum absolute atomic E-state index is 0.105. The minimum Gasteiger partial charge on any atom is -0.492 e. The Kier molecular flexibility index (Phi) is 7.43. The zero-order valence-corrected chi connectivity index (χ0v) is 17.3. The zero-order valence-electron chi connectivity index (χ0n) is 17.3. The van der Waals surface area contributed by atoms with Crippen molar-refractivity contribution >= 4 is 23.4 Å². The molecule has 168 valence electrons. The number of amides is 1. The molecular formula is C23H24N2O7. The van der Waals surface area contributed by atoms with Crippen LogP contribution in [0.2, 0.25) is 0 Å². The van der Waals surface area contributed by atoms with Gasteiger partial charge in [-0.25, -0.2) is 4.79 Å². The fourth-order valence-electron chi connectivity index (χ4n) is 3.28. The summed E-state index contributed by atoms with van der Waals surface area (Å²) in [5.41, 5.74) is 1.29. The first-order chi connectivity index (χ1) is 15.3. The Labute approximate surface area is 184 Å². The molecule has 0 spiro atoms. The molecule has 1 aliphatic carbocycles. The van der Waals surface area contributed by atoms with Crippen molar-refractivity contribution in [3.63, 3.8) is 0 Å². The van der Waals surface area contributed by atoms with E-state index < -0.39 is 11.9 Å². The van der Waals surface area contributed by atoms with Crippen molar-refractivity contribution in [1.82, 2.24) is 10.0 Å². The molecule has 1 aromatic carbocycles. The van der Waals surface area contributed by atoms with Crippen LogP contribution in [0.5, 0.6) is 11.8 Å². The molecule has 0 radical (unpaired) electrons. The summed E-state index contributed by atoms with van der Waals surface area (Å²) in [4.78, 5) is 52.2. The van der Waals surface area contributed by atoms with Crippen molar-refractivity contribution in [3.05, 3.63) is 59.7 Å². The van der Waals surface area contributed by atoms with Gasteiger partial charge in [-0.1, -0.05) is 18.6 Å². The molecule has 3 rings (SSSR count). The number of carbonyl (C=O) groups excluding carboxylic acids is 4. The first-order valence-electron chi connectivity index (χ1n) is 10.3. The number of hydrogen-bond donors (Lipinski definition) is 3. The summed E-state index contributed by atoms with van der Waals surface area (Å²) in [5, 5.41) is 21.6. The predicted octanol–water partition coefficient (Wildman–Crippen LogP) is 1.71. The smallest absolute Gasteiger partial charge is 0.333 e. The van der Waals surface area contributed by atoms with Crippen LogP contribution in [0.3, 0.4) is 0 Å². The van der Waals surface area contributed by atoms with Crippen molar-refractivity contribution in [2.75, 3.05) is 6.54 Å². The third kappa shape index (κ3) is 5.84. The predicted molar refractivity (Wildman–Crippen MR) is 113 cm³/mol. The summed E-state index contributed by atoms with van der Waals surface area (Å²) < 4.78 is 0.647. The van der Waals surface area contributed by atoms with Crippen LogP contribution in [-0.4, -0.2) is 44.9 Å². The maximum atomic E-state index is 12.2. The average Bonchev–Trinajstić information content (AvgIpc) is 3.26. The molecule has 32 heavy (non-hydrogen) atoms. The third-order valence-electron chi connectivity index (χ3n) is 5.09. The molecule has 9 nitrogen and oxygen atoms in total. The fourth-order valence-corrected chi connectivity index (χ4v) is 3.28. The standard InChI is InChI=1S/C23H24N2O7/c26-18-9-10-19(27)17(18)14-15-5-7-16(8-6-15)23(31)24-13-3-1-2-4-22(30)32-25-20(28)11-12-21(25)29/h5-12,17,28-29H,1-4,13-14H2,(H,24,31). The van der Waals surface area contributed by atoms with Gasteiger partial charge in [0.1, 0.15) is 0 Å². The molecular weight excluding hydrogens is 416 g/mol. The van der Waals surface area contributed by atoms with Gasteiger partial charge in [0.2, 0.25) is 11.8 Å². The Morgan fingerprint density at radius 2 is 1.53 bits per heavy atom. The van der Waals surface area contributed by atoms with E-state index in [4.69, 9.17) is 4.84 Å². The molecule has 0 saturated carbocycles. The number of nitrogens with zero attached hydrogens (tertiary/aromatic N) is 1. The van der Waals surface area contributed by atoms with E-state index >= 15 is 0 Å². The second kappa shape index (κ2) is 10.4. The van der Waals surface area contributed by atoms with Gasteiger partial charge in [-0.15, -0.1) is 4.73 Å². The summed E-state index contributed by atoms with van der Waals surface area (Å²) in [5.74, 6) is -2.60. The van der Waals surface area contributed by atoms with E-state index in [1.54, 1.807) is 24.3 Å². The highest BCUT2D eigenvalue weighted by Crippen LogP contribution is 2.19. The second-order valence-corrected chi connectivity index (χ2v) is 7.47. The lowest BCUT2D eigenvalue weighted by Gasteiger charge is -2.09. The highest BCUT2D eigenvalue weighted by atomic mass is 16.7. The van der Waals surface area contributed by atoms with Crippen LogP contribution < -0.4 is 10.2 Å². The topological polar surface area (TPSA) is 135 Å². The third-order valence-corrected chi connectivity index (χ3v) is 5.09. The molecule has 0 fully saturated rings. The number of allylic oxidation sites excluding steroid dienone is 2. The summed E-state index contributed by atoms with van der Waals surface area (Å²) in [6.07, 6.45) is 4.89. The van der Waals surface area contributed by atoms with E-state index in [0.29, 0.717) is 42.5 Å². The van der Waals surface area contributed by atoms with Crippen LogP contribution >= 0.6 is 0 Å². The molecule has 1 heterocycles. The highest BCUT2D eigenvalue weighted by Gasteiger charge is 2.28. The van der Waals surface area contributed by atoms with Crippen LogP contribution in [0.15, 0.2) is 48.6 Å². The summed E-state index contributed by atoms with van der Waals surface area (Å²) >= 11 is 0. The second-order valence-electron chi connectivity index (χ2n) is 7.47. The monoisotopic (exact) mass is 440 g/mol. The first-order valence-corrected chi connectivity index (χ1v) is 10.3. The van der Waals surface area contributed by atoms with E-state index in [1.165, 1.54) is 24.3 Å². The van der Waals surface area contributed by atoms with Crippen molar-refractivity contribution in [2.45, 2.75) is 32.1 Å². The summed E-state index contributed by atoms with van der Waals surface area (Å²) in [6, 6.07) is 9.19. The zero-order chi connectivity index (χ0) is 23.1. The van der Waals surface area contributed by atoms with Gasteiger partial charge in [-0.3, -0.25) is 14.4 Å². The number of ketones is 2. The minimum atomic E-state index is -0.661. The Hall–Kier alpha value is -3.88. The number of carbonyl (C=O) groups is 4. The van der Waals surface area contributed by atoms with Crippen LogP contribution in [0.4, 0.5) is 0 Å². The maximum absolute atomic E-state index is 12.2. The molecule has 1 aliphatic rings. The van der Waals surface area contributed by atoms with Crippen molar-refractivity contribution < 1.29 is 34.2 Å². The lowest BCUT2D eigenvalue weighted by atomic mass is 9.95. The molecule has 0 unspecified atom stereocenters.